The summed E-state index contributed by atoms with van der Waals surface area (Å²) in [6.07, 6.45) is 5.77. The summed E-state index contributed by atoms with van der Waals surface area (Å²) >= 11 is 0. The number of fused-ring (bicyclic) bond motifs is 2. The molecule has 3 atom stereocenters. The molecule has 0 spiro atoms. The maximum absolute atomic E-state index is 12.5. The Bertz CT molecular complexity index is 353. The van der Waals surface area contributed by atoms with E-state index >= 15 is 0 Å². The molecule has 1 nitrogen and oxygen atoms in total. The Morgan fingerprint density at radius 3 is 2.28 bits per heavy atom. The average Bonchev–Trinajstić information content (AvgIpc) is 2.62. The Morgan fingerprint density at radius 2 is 1.89 bits per heavy atom. The molecule has 2 saturated carbocycles. The molecule has 0 heterocycles. The van der Waals surface area contributed by atoms with E-state index in [0.717, 1.165) is 18.8 Å². The van der Waals surface area contributed by atoms with Crippen LogP contribution in [-0.4, -0.2) is 5.78 Å². The minimum absolute atomic E-state index is 0.123. The predicted octanol–water partition coefficient (Wildman–Crippen LogP) is 4.84. The van der Waals surface area contributed by atoms with Crippen molar-refractivity contribution < 1.29 is 4.79 Å². The molecular weight excluding hydrogens is 220 g/mol. The Balaban J connectivity index is 2.12. The van der Waals surface area contributed by atoms with Crippen molar-refractivity contribution in [2.75, 3.05) is 0 Å². The van der Waals surface area contributed by atoms with Crippen molar-refractivity contribution in [1.29, 1.82) is 0 Å². The lowest BCUT2D eigenvalue weighted by Gasteiger charge is -2.40. The minimum atomic E-state index is -0.123. The van der Waals surface area contributed by atoms with Gasteiger partial charge in [-0.25, -0.2) is 0 Å². The largest absolute Gasteiger partial charge is 0.299 e. The predicted molar refractivity (Wildman–Crippen MR) is 76.4 cm³/mol. The molecule has 18 heavy (non-hydrogen) atoms. The molecule has 2 fully saturated rings. The lowest BCUT2D eigenvalue weighted by Crippen LogP contribution is -2.35. The normalized spacial score (nSPS) is 38.1. The van der Waals surface area contributed by atoms with Crippen LogP contribution in [0.25, 0.3) is 0 Å². The summed E-state index contributed by atoms with van der Waals surface area (Å²) < 4.78 is 0. The second-order valence-corrected chi connectivity index (χ2v) is 8.17. The van der Waals surface area contributed by atoms with Gasteiger partial charge in [0.15, 0.2) is 0 Å². The second-order valence-electron chi connectivity index (χ2n) is 8.17. The highest BCUT2D eigenvalue weighted by molar-refractivity contribution is 5.84. The maximum Gasteiger partial charge on any atom is 0.138 e. The second kappa shape index (κ2) is 4.08. The van der Waals surface area contributed by atoms with Gasteiger partial charge in [0.2, 0.25) is 0 Å². The van der Waals surface area contributed by atoms with E-state index in [2.05, 4.69) is 41.5 Å². The van der Waals surface area contributed by atoms with Gasteiger partial charge in [0.25, 0.3) is 0 Å². The summed E-state index contributed by atoms with van der Waals surface area (Å²) in [6, 6.07) is 0. The van der Waals surface area contributed by atoms with E-state index in [4.69, 9.17) is 0 Å². The highest BCUT2D eigenvalue weighted by Gasteiger charge is 2.61. The fraction of sp³-hybridized carbons (Fsp3) is 0.941. The summed E-state index contributed by atoms with van der Waals surface area (Å²) in [4.78, 5) is 12.5. The Morgan fingerprint density at radius 1 is 1.28 bits per heavy atom. The van der Waals surface area contributed by atoms with Gasteiger partial charge in [-0.1, -0.05) is 41.5 Å². The van der Waals surface area contributed by atoms with Crippen LogP contribution in [0, 0.1) is 28.1 Å². The van der Waals surface area contributed by atoms with Crippen LogP contribution in [0.15, 0.2) is 0 Å². The first kappa shape index (κ1) is 14.1. The Kier molecular flexibility index (Phi) is 3.19. The molecular formula is C17H30O. The number of hydrogen-bond donors (Lipinski definition) is 0. The number of ketones is 1. The van der Waals surface area contributed by atoms with Gasteiger partial charge >= 0.3 is 0 Å². The first-order chi connectivity index (χ1) is 8.15. The van der Waals surface area contributed by atoms with Gasteiger partial charge in [0.1, 0.15) is 5.78 Å². The number of rotatable bonds is 4. The molecule has 3 unspecified atom stereocenters. The Labute approximate surface area is 113 Å². The van der Waals surface area contributed by atoms with Crippen LogP contribution >= 0.6 is 0 Å². The SMILES string of the molecule is CCC(C)(C)C(=O)CC1CC2CCC1(C)C2(C)C. The standard InChI is InChI=1S/C17H30O/c1-7-15(2,3)14(18)11-13-10-12-8-9-17(13,6)16(12,4)5/h12-13H,7-11H2,1-6H3. The molecule has 0 aromatic heterocycles. The smallest absolute Gasteiger partial charge is 0.138 e. The van der Waals surface area contributed by atoms with Gasteiger partial charge in [-0.3, -0.25) is 4.79 Å². The molecule has 0 aliphatic heterocycles. The highest BCUT2D eigenvalue weighted by Crippen LogP contribution is 2.68. The summed E-state index contributed by atoms with van der Waals surface area (Å²) in [5.74, 6) is 1.97. The summed E-state index contributed by atoms with van der Waals surface area (Å²) in [6.45, 7) is 13.6. The molecule has 2 bridgehead atoms. The third-order valence-corrected chi connectivity index (χ3v) is 7.05. The molecule has 2 aliphatic rings. The third-order valence-electron chi connectivity index (χ3n) is 7.05. The van der Waals surface area contributed by atoms with E-state index in [1.807, 2.05) is 0 Å². The van der Waals surface area contributed by atoms with Gasteiger partial charge < -0.3 is 0 Å². The van der Waals surface area contributed by atoms with E-state index in [-0.39, 0.29) is 5.41 Å². The molecule has 1 heteroatoms. The zero-order valence-electron chi connectivity index (χ0n) is 13.1. The summed E-state index contributed by atoms with van der Waals surface area (Å²) in [5, 5.41) is 0. The monoisotopic (exact) mass is 250 g/mol. The van der Waals surface area contributed by atoms with E-state index in [1.165, 1.54) is 19.3 Å². The van der Waals surface area contributed by atoms with Gasteiger partial charge in [-0.15, -0.1) is 0 Å². The lowest BCUT2D eigenvalue weighted by atomic mass is 9.64. The van der Waals surface area contributed by atoms with Crippen LogP contribution in [0.4, 0.5) is 0 Å². The number of carbonyl (C=O) groups is 1. The minimum Gasteiger partial charge on any atom is -0.299 e. The highest BCUT2D eigenvalue weighted by atomic mass is 16.1. The molecule has 0 N–H and O–H groups in total. The topological polar surface area (TPSA) is 17.1 Å². The molecule has 104 valence electrons. The lowest BCUT2D eigenvalue weighted by molar-refractivity contribution is -0.129. The third kappa shape index (κ3) is 1.77. The van der Waals surface area contributed by atoms with Crippen molar-refractivity contribution in [3.8, 4) is 0 Å². The van der Waals surface area contributed by atoms with E-state index in [9.17, 15) is 4.79 Å². The molecule has 2 rings (SSSR count). The van der Waals surface area contributed by atoms with Crippen LogP contribution in [0.1, 0.15) is 73.6 Å². The zero-order valence-corrected chi connectivity index (χ0v) is 13.1. The molecule has 0 aromatic rings. The van der Waals surface area contributed by atoms with Gasteiger partial charge in [0, 0.05) is 11.8 Å². The molecule has 2 aliphatic carbocycles. The van der Waals surface area contributed by atoms with Crippen molar-refractivity contribution in [2.45, 2.75) is 73.6 Å². The molecule has 0 saturated heterocycles. The molecule has 0 amide bonds. The van der Waals surface area contributed by atoms with Crippen molar-refractivity contribution in [3.05, 3.63) is 0 Å². The van der Waals surface area contributed by atoms with Crippen LogP contribution in [0.3, 0.4) is 0 Å². The fourth-order valence-electron chi connectivity index (χ4n) is 4.38. The first-order valence-corrected chi connectivity index (χ1v) is 7.68. The molecule has 0 aromatic carbocycles. The summed E-state index contributed by atoms with van der Waals surface area (Å²) in [7, 11) is 0. The number of carbonyl (C=O) groups excluding carboxylic acids is 1. The van der Waals surface area contributed by atoms with E-state index in [1.54, 1.807) is 0 Å². The van der Waals surface area contributed by atoms with Gasteiger partial charge in [-0.05, 0) is 48.3 Å². The van der Waals surface area contributed by atoms with E-state index in [0.29, 0.717) is 22.5 Å². The van der Waals surface area contributed by atoms with Crippen LogP contribution in [0.5, 0.6) is 0 Å². The van der Waals surface area contributed by atoms with Crippen molar-refractivity contribution in [3.63, 3.8) is 0 Å². The average molecular weight is 250 g/mol. The molecule has 0 radical (unpaired) electrons. The van der Waals surface area contributed by atoms with Crippen LogP contribution < -0.4 is 0 Å². The number of hydrogen-bond acceptors (Lipinski definition) is 1. The quantitative estimate of drug-likeness (QED) is 0.697. The van der Waals surface area contributed by atoms with Crippen molar-refractivity contribution in [1.82, 2.24) is 0 Å². The van der Waals surface area contributed by atoms with Crippen molar-refractivity contribution in [2.24, 2.45) is 28.1 Å². The Hall–Kier alpha value is -0.330. The van der Waals surface area contributed by atoms with Crippen LogP contribution in [0.2, 0.25) is 0 Å². The maximum atomic E-state index is 12.5. The van der Waals surface area contributed by atoms with E-state index < -0.39 is 0 Å². The van der Waals surface area contributed by atoms with Crippen LogP contribution in [-0.2, 0) is 4.79 Å². The van der Waals surface area contributed by atoms with Gasteiger partial charge in [-0.2, -0.15) is 0 Å². The summed E-state index contributed by atoms with van der Waals surface area (Å²) in [5.41, 5.74) is 0.716. The van der Waals surface area contributed by atoms with Crippen molar-refractivity contribution >= 4 is 5.78 Å². The van der Waals surface area contributed by atoms with Gasteiger partial charge in [0.05, 0.1) is 0 Å². The zero-order chi connectivity index (χ0) is 13.8. The number of Topliss-reactive ketones (excluding diaryl/α,β-unsaturated/α-hetero) is 1. The fourth-order valence-corrected chi connectivity index (χ4v) is 4.38. The first-order valence-electron chi connectivity index (χ1n) is 7.68.